The maximum atomic E-state index is 11.8. The minimum atomic E-state index is -0.707. The number of amides is 1. The predicted molar refractivity (Wildman–Crippen MR) is 88.1 cm³/mol. The Kier molecular flexibility index (Phi) is 6.25. The lowest BCUT2D eigenvalue weighted by Gasteiger charge is -2.10. The smallest absolute Gasteiger partial charge is 0.374 e. The molecular formula is C16H16BrNO6. The summed E-state index contributed by atoms with van der Waals surface area (Å²) in [6.07, 6.45) is 0. The van der Waals surface area contributed by atoms with Gasteiger partial charge in [-0.25, -0.2) is 4.79 Å². The van der Waals surface area contributed by atoms with Gasteiger partial charge in [0.2, 0.25) is 5.76 Å². The number of nitrogens with one attached hydrogen (secondary N) is 1. The maximum Gasteiger partial charge on any atom is 0.374 e. The molecule has 0 saturated heterocycles. The number of esters is 1. The quantitative estimate of drug-likeness (QED) is 0.722. The van der Waals surface area contributed by atoms with Crippen molar-refractivity contribution >= 4 is 27.8 Å². The van der Waals surface area contributed by atoms with Crippen LogP contribution in [-0.2, 0) is 16.1 Å². The minimum Gasteiger partial charge on any atom is -0.493 e. The van der Waals surface area contributed by atoms with E-state index in [-0.39, 0.29) is 12.3 Å². The van der Waals surface area contributed by atoms with Gasteiger partial charge in [0.15, 0.2) is 22.8 Å². The van der Waals surface area contributed by atoms with E-state index in [4.69, 9.17) is 18.6 Å². The average Bonchev–Trinajstić information content (AvgIpc) is 3.04. The molecule has 0 aliphatic rings. The van der Waals surface area contributed by atoms with Crippen molar-refractivity contribution in [2.45, 2.75) is 6.54 Å². The highest BCUT2D eigenvalue weighted by atomic mass is 79.9. The van der Waals surface area contributed by atoms with Crippen molar-refractivity contribution in [2.24, 2.45) is 0 Å². The fraction of sp³-hybridized carbons (Fsp3) is 0.250. The van der Waals surface area contributed by atoms with Crippen LogP contribution >= 0.6 is 15.9 Å². The molecule has 1 heterocycles. The Bertz CT molecular complexity index is 727. The summed E-state index contributed by atoms with van der Waals surface area (Å²) >= 11 is 3.08. The molecule has 2 rings (SSSR count). The third-order valence-corrected chi connectivity index (χ3v) is 3.47. The molecule has 1 amide bonds. The van der Waals surface area contributed by atoms with Crippen LogP contribution in [0.4, 0.5) is 0 Å². The molecule has 0 fully saturated rings. The number of hydrogen-bond donors (Lipinski definition) is 1. The number of furan rings is 1. The summed E-state index contributed by atoms with van der Waals surface area (Å²) in [4.78, 5) is 23.4. The van der Waals surface area contributed by atoms with Gasteiger partial charge in [0, 0.05) is 6.54 Å². The zero-order valence-electron chi connectivity index (χ0n) is 13.1. The van der Waals surface area contributed by atoms with Crippen molar-refractivity contribution in [2.75, 3.05) is 20.8 Å². The molecule has 1 N–H and O–H groups in total. The SMILES string of the molecule is COc1ccc(CNC(=O)COC(=O)c2ccc(Br)o2)cc1OC. The molecule has 24 heavy (non-hydrogen) atoms. The van der Waals surface area contributed by atoms with Gasteiger partial charge in [0.1, 0.15) is 0 Å². The molecule has 0 bridgehead atoms. The third kappa shape index (κ3) is 4.76. The molecule has 0 spiro atoms. The number of carbonyl (C=O) groups excluding carboxylic acids is 2. The van der Waals surface area contributed by atoms with Crippen molar-refractivity contribution in [3.63, 3.8) is 0 Å². The van der Waals surface area contributed by atoms with Gasteiger partial charge in [-0.05, 0) is 45.8 Å². The Morgan fingerprint density at radius 2 is 1.88 bits per heavy atom. The van der Waals surface area contributed by atoms with Crippen LogP contribution in [-0.4, -0.2) is 32.7 Å². The van der Waals surface area contributed by atoms with E-state index in [0.29, 0.717) is 16.2 Å². The Hall–Kier alpha value is -2.48. The zero-order chi connectivity index (χ0) is 17.5. The lowest BCUT2D eigenvalue weighted by molar-refractivity contribution is -0.124. The summed E-state index contributed by atoms with van der Waals surface area (Å²) in [5.74, 6) is 0.0606. The normalized spacial score (nSPS) is 10.1. The van der Waals surface area contributed by atoms with E-state index in [0.717, 1.165) is 5.56 Å². The number of halogens is 1. The molecule has 0 radical (unpaired) electrons. The second kappa shape index (κ2) is 8.39. The van der Waals surface area contributed by atoms with Crippen molar-refractivity contribution in [1.82, 2.24) is 5.32 Å². The molecule has 1 aromatic heterocycles. The van der Waals surface area contributed by atoms with E-state index < -0.39 is 18.5 Å². The summed E-state index contributed by atoms with van der Waals surface area (Å²) in [5, 5.41) is 2.65. The summed E-state index contributed by atoms with van der Waals surface area (Å²) < 4.78 is 20.6. The number of rotatable bonds is 7. The molecule has 0 atom stereocenters. The van der Waals surface area contributed by atoms with Gasteiger partial charge in [0.05, 0.1) is 14.2 Å². The summed E-state index contributed by atoms with van der Waals surface area (Å²) in [6.45, 7) is -0.131. The fourth-order valence-electron chi connectivity index (χ4n) is 1.87. The van der Waals surface area contributed by atoms with Crippen molar-refractivity contribution in [3.05, 3.63) is 46.3 Å². The van der Waals surface area contributed by atoms with Gasteiger partial charge >= 0.3 is 5.97 Å². The van der Waals surface area contributed by atoms with Crippen molar-refractivity contribution in [1.29, 1.82) is 0 Å². The molecule has 1 aromatic carbocycles. The van der Waals surface area contributed by atoms with E-state index in [1.165, 1.54) is 13.2 Å². The van der Waals surface area contributed by atoms with Crippen LogP contribution in [0.5, 0.6) is 11.5 Å². The Morgan fingerprint density at radius 3 is 2.50 bits per heavy atom. The van der Waals surface area contributed by atoms with E-state index in [9.17, 15) is 9.59 Å². The van der Waals surface area contributed by atoms with E-state index >= 15 is 0 Å². The van der Waals surface area contributed by atoms with Gasteiger partial charge in [-0.2, -0.15) is 0 Å². The monoisotopic (exact) mass is 397 g/mol. The molecule has 0 aliphatic heterocycles. The standard InChI is InChI=1S/C16H16BrNO6/c1-21-11-4-3-10(7-13(11)22-2)8-18-15(19)9-23-16(20)12-5-6-14(17)24-12/h3-7H,8-9H2,1-2H3,(H,18,19). The van der Waals surface area contributed by atoms with Crippen LogP contribution < -0.4 is 14.8 Å². The van der Waals surface area contributed by atoms with Crippen molar-refractivity contribution in [3.8, 4) is 11.5 Å². The molecular weight excluding hydrogens is 382 g/mol. The first-order chi connectivity index (χ1) is 11.5. The highest BCUT2D eigenvalue weighted by Crippen LogP contribution is 2.27. The molecule has 0 saturated carbocycles. The van der Waals surface area contributed by atoms with Gasteiger partial charge < -0.3 is 23.9 Å². The highest BCUT2D eigenvalue weighted by molar-refractivity contribution is 9.10. The van der Waals surface area contributed by atoms with Crippen LogP contribution in [0, 0.1) is 0 Å². The zero-order valence-corrected chi connectivity index (χ0v) is 14.7. The number of methoxy groups -OCH3 is 2. The molecule has 128 valence electrons. The summed E-state index contributed by atoms with van der Waals surface area (Å²) in [6, 6.07) is 8.32. The first-order valence-corrected chi connectivity index (χ1v) is 7.73. The van der Waals surface area contributed by atoms with Crippen molar-refractivity contribution < 1.29 is 28.2 Å². The lowest BCUT2D eigenvalue weighted by Crippen LogP contribution is -2.28. The van der Waals surface area contributed by atoms with Gasteiger partial charge in [0.25, 0.3) is 5.91 Å². The second-order valence-electron chi connectivity index (χ2n) is 4.65. The third-order valence-electron chi connectivity index (χ3n) is 3.05. The predicted octanol–water partition coefficient (Wildman–Crippen LogP) is 2.53. The summed E-state index contributed by atoms with van der Waals surface area (Å²) in [5.41, 5.74) is 0.822. The number of ether oxygens (including phenoxy) is 3. The Morgan fingerprint density at radius 1 is 1.12 bits per heavy atom. The number of hydrogen-bond acceptors (Lipinski definition) is 6. The minimum absolute atomic E-state index is 0.0227. The molecule has 7 nitrogen and oxygen atoms in total. The van der Waals surface area contributed by atoms with Crippen LogP contribution in [0.1, 0.15) is 16.1 Å². The molecule has 0 unspecified atom stereocenters. The fourth-order valence-corrected chi connectivity index (χ4v) is 2.18. The van der Waals surface area contributed by atoms with Gasteiger partial charge in [-0.1, -0.05) is 6.07 Å². The van der Waals surface area contributed by atoms with E-state index in [1.54, 1.807) is 31.4 Å². The van der Waals surface area contributed by atoms with Crippen LogP contribution in [0.15, 0.2) is 39.4 Å². The first kappa shape index (κ1) is 17.9. The van der Waals surface area contributed by atoms with Gasteiger partial charge in [-0.3, -0.25) is 4.79 Å². The Labute approximate surface area is 147 Å². The molecule has 0 aliphatic carbocycles. The van der Waals surface area contributed by atoms with E-state index in [2.05, 4.69) is 21.2 Å². The largest absolute Gasteiger partial charge is 0.493 e. The second-order valence-corrected chi connectivity index (χ2v) is 5.43. The Balaban J connectivity index is 1.82. The maximum absolute atomic E-state index is 11.8. The van der Waals surface area contributed by atoms with Crippen LogP contribution in [0.25, 0.3) is 0 Å². The highest BCUT2D eigenvalue weighted by Gasteiger charge is 2.14. The number of carbonyl (C=O) groups is 2. The van der Waals surface area contributed by atoms with Gasteiger partial charge in [-0.15, -0.1) is 0 Å². The lowest BCUT2D eigenvalue weighted by atomic mass is 10.2. The van der Waals surface area contributed by atoms with E-state index in [1.807, 2.05) is 0 Å². The molecule has 8 heteroatoms. The first-order valence-electron chi connectivity index (χ1n) is 6.93. The summed E-state index contributed by atoms with van der Waals surface area (Å²) in [7, 11) is 3.08. The topological polar surface area (TPSA) is 87.0 Å². The van der Waals surface area contributed by atoms with Crippen LogP contribution in [0.3, 0.4) is 0 Å². The molecule has 2 aromatic rings. The van der Waals surface area contributed by atoms with Crippen LogP contribution in [0.2, 0.25) is 0 Å². The average molecular weight is 398 g/mol. The number of benzene rings is 1.